The SMILES string of the molecule is CC(C)=CC1(C)C(C)C1(C)C.CC(C)=CC1C(C)C1(C)C.CC(C)=CC1C(C)C12CC2.CC(C)CC1C(C)C1(C)C. The van der Waals surface area contributed by atoms with Crippen molar-refractivity contribution >= 4 is 0 Å². The maximum Gasteiger partial charge on any atom is -0.00591 e. The van der Waals surface area contributed by atoms with Crippen LogP contribution >= 0.6 is 0 Å². The van der Waals surface area contributed by atoms with E-state index in [1.165, 1.54) is 36.0 Å². The molecule has 5 saturated carbocycles. The van der Waals surface area contributed by atoms with E-state index in [9.17, 15) is 0 Å². The third kappa shape index (κ3) is 8.04. The van der Waals surface area contributed by atoms with Crippen LogP contribution in [-0.4, -0.2) is 0 Å². The highest BCUT2D eigenvalue weighted by Gasteiger charge is 2.68. The highest BCUT2D eigenvalue weighted by molar-refractivity contribution is 5.25. The van der Waals surface area contributed by atoms with Gasteiger partial charge in [0.05, 0.1) is 0 Å². The van der Waals surface area contributed by atoms with Crippen molar-refractivity contribution in [3.05, 3.63) is 34.9 Å². The summed E-state index contributed by atoms with van der Waals surface area (Å²) in [5, 5.41) is 0. The van der Waals surface area contributed by atoms with E-state index in [0.717, 1.165) is 52.8 Å². The third-order valence-corrected chi connectivity index (χ3v) is 13.5. The van der Waals surface area contributed by atoms with Gasteiger partial charge in [-0.1, -0.05) is 125 Å². The summed E-state index contributed by atoms with van der Waals surface area (Å²) in [6.07, 6.45) is 11.7. The lowest BCUT2D eigenvalue weighted by Crippen LogP contribution is -1.99. The minimum absolute atomic E-state index is 0.464. The molecule has 0 N–H and O–H groups in total. The summed E-state index contributed by atoms with van der Waals surface area (Å²) in [6, 6.07) is 0. The second kappa shape index (κ2) is 12.3. The van der Waals surface area contributed by atoms with Gasteiger partial charge in [0.25, 0.3) is 0 Å². The molecule has 5 rings (SSSR count). The minimum Gasteiger partial charge on any atom is -0.0819 e. The fourth-order valence-corrected chi connectivity index (χ4v) is 8.26. The van der Waals surface area contributed by atoms with Gasteiger partial charge in [-0.2, -0.15) is 0 Å². The molecule has 1 spiro atoms. The van der Waals surface area contributed by atoms with Gasteiger partial charge in [0.2, 0.25) is 0 Å². The lowest BCUT2D eigenvalue weighted by Gasteiger charge is -2.09. The van der Waals surface area contributed by atoms with Crippen molar-refractivity contribution in [1.82, 2.24) is 0 Å². The molecule has 5 aliphatic carbocycles. The van der Waals surface area contributed by atoms with Crippen LogP contribution in [0.1, 0.15) is 151 Å². The molecule has 0 heterocycles. The molecular weight excluding hydrogens is 492 g/mol. The van der Waals surface area contributed by atoms with Crippen molar-refractivity contribution in [2.45, 2.75) is 151 Å². The van der Waals surface area contributed by atoms with Crippen LogP contribution in [0.4, 0.5) is 0 Å². The fourth-order valence-electron chi connectivity index (χ4n) is 8.26. The first-order chi connectivity index (χ1) is 18.4. The summed E-state index contributed by atoms with van der Waals surface area (Å²) in [6.45, 7) is 43.8. The minimum atomic E-state index is 0.464. The second-order valence-corrected chi connectivity index (χ2v) is 18.5. The van der Waals surface area contributed by atoms with Crippen LogP contribution in [0.15, 0.2) is 34.9 Å². The highest BCUT2D eigenvalue weighted by atomic mass is 14.7. The maximum atomic E-state index is 2.47. The predicted molar refractivity (Wildman–Crippen MR) is 186 cm³/mol. The van der Waals surface area contributed by atoms with Gasteiger partial charge in [-0.05, 0) is 135 Å². The molecule has 0 amide bonds. The largest absolute Gasteiger partial charge is 0.0819 e. The summed E-state index contributed by atoms with van der Waals surface area (Å²) in [5.74, 6) is 7.39. The van der Waals surface area contributed by atoms with Crippen LogP contribution in [0.2, 0.25) is 0 Å². The molecule has 0 heteroatoms. The molecular formula is C41H74. The van der Waals surface area contributed by atoms with Crippen LogP contribution in [0.5, 0.6) is 0 Å². The predicted octanol–water partition coefficient (Wildman–Crippen LogP) is 13.2. The van der Waals surface area contributed by atoms with E-state index in [0.29, 0.717) is 21.7 Å². The van der Waals surface area contributed by atoms with Crippen molar-refractivity contribution in [2.75, 3.05) is 0 Å². The van der Waals surface area contributed by atoms with E-state index in [-0.39, 0.29) is 0 Å². The smallest absolute Gasteiger partial charge is 0.00591 e. The second-order valence-electron chi connectivity index (χ2n) is 18.5. The van der Waals surface area contributed by atoms with Gasteiger partial charge in [0, 0.05) is 0 Å². The lowest BCUT2D eigenvalue weighted by atomic mass is 9.96. The maximum absolute atomic E-state index is 2.47. The Hall–Kier alpha value is -0.780. The summed E-state index contributed by atoms with van der Waals surface area (Å²) in [4.78, 5) is 0. The molecule has 8 atom stereocenters. The Morgan fingerprint density at radius 1 is 0.634 bits per heavy atom. The van der Waals surface area contributed by atoms with Gasteiger partial charge in [0.15, 0.2) is 0 Å². The van der Waals surface area contributed by atoms with Crippen molar-refractivity contribution in [3.63, 3.8) is 0 Å². The van der Waals surface area contributed by atoms with Crippen LogP contribution in [0, 0.1) is 74.4 Å². The van der Waals surface area contributed by atoms with Crippen LogP contribution in [0.25, 0.3) is 0 Å². The highest BCUT2D eigenvalue weighted by Crippen LogP contribution is 2.75. The lowest BCUT2D eigenvalue weighted by molar-refractivity contribution is 0.462. The van der Waals surface area contributed by atoms with Gasteiger partial charge < -0.3 is 0 Å². The van der Waals surface area contributed by atoms with Gasteiger partial charge in [0.1, 0.15) is 0 Å². The molecule has 5 aliphatic rings. The van der Waals surface area contributed by atoms with E-state index in [1.54, 1.807) is 0 Å². The Morgan fingerprint density at radius 2 is 1.02 bits per heavy atom. The van der Waals surface area contributed by atoms with E-state index >= 15 is 0 Å². The summed E-state index contributed by atoms with van der Waals surface area (Å²) in [5.41, 5.74) is 7.46. The summed E-state index contributed by atoms with van der Waals surface area (Å²) < 4.78 is 0. The monoisotopic (exact) mass is 567 g/mol. The topological polar surface area (TPSA) is 0 Å². The molecule has 0 aromatic carbocycles. The third-order valence-electron chi connectivity index (χ3n) is 13.5. The molecule has 0 aromatic rings. The molecule has 0 nitrogen and oxygen atoms in total. The van der Waals surface area contributed by atoms with Gasteiger partial charge in [-0.3, -0.25) is 0 Å². The number of hydrogen-bond acceptors (Lipinski definition) is 0. The van der Waals surface area contributed by atoms with Crippen molar-refractivity contribution in [2.24, 2.45) is 74.4 Å². The molecule has 41 heavy (non-hydrogen) atoms. The average Bonchev–Trinajstić information content (AvgIpc) is 3.80. The molecule has 238 valence electrons. The molecule has 5 fully saturated rings. The Kier molecular flexibility index (Phi) is 10.9. The fraction of sp³-hybridized carbons (Fsp3) is 0.854. The normalized spacial score (nSPS) is 37.9. The molecule has 0 bridgehead atoms. The first kappa shape index (κ1) is 36.4. The summed E-state index contributed by atoms with van der Waals surface area (Å²) in [7, 11) is 0. The van der Waals surface area contributed by atoms with Gasteiger partial charge >= 0.3 is 0 Å². The van der Waals surface area contributed by atoms with E-state index in [1.807, 2.05) is 0 Å². The first-order valence-corrected chi connectivity index (χ1v) is 17.4. The Balaban J connectivity index is 0.000000191. The van der Waals surface area contributed by atoms with Crippen LogP contribution < -0.4 is 0 Å². The molecule has 0 aromatic heterocycles. The Labute approximate surface area is 259 Å². The van der Waals surface area contributed by atoms with Crippen molar-refractivity contribution in [3.8, 4) is 0 Å². The van der Waals surface area contributed by atoms with Crippen LogP contribution in [-0.2, 0) is 0 Å². The van der Waals surface area contributed by atoms with Crippen molar-refractivity contribution in [1.29, 1.82) is 0 Å². The average molecular weight is 567 g/mol. The van der Waals surface area contributed by atoms with E-state index < -0.39 is 0 Å². The number of allylic oxidation sites excluding steroid dienone is 6. The molecule has 0 saturated heterocycles. The molecule has 8 unspecified atom stereocenters. The summed E-state index contributed by atoms with van der Waals surface area (Å²) >= 11 is 0. The first-order valence-electron chi connectivity index (χ1n) is 17.4. The number of rotatable bonds is 5. The van der Waals surface area contributed by atoms with Crippen LogP contribution in [0.3, 0.4) is 0 Å². The zero-order valence-corrected chi connectivity index (χ0v) is 31.5. The van der Waals surface area contributed by atoms with E-state index in [4.69, 9.17) is 0 Å². The Bertz CT molecular complexity index is 947. The quantitative estimate of drug-likeness (QED) is 0.290. The molecule has 0 aliphatic heterocycles. The van der Waals surface area contributed by atoms with Crippen molar-refractivity contribution < 1.29 is 0 Å². The standard InChI is InChI=1S/C11H20.C10H16.C10H20.C10H18/c1-8(2)7-11(6)9(3)10(11,4)5;1-7(2)6-9-8(3)10(9)4-5-10;2*1-7(2)6-9-8(3)10(9,4)5/h7,9H,1-6H3;6,8-9H,4-5H2,1-3H3;7-9H,6H2,1-5H3;6,8-9H,1-5H3. The van der Waals surface area contributed by atoms with Gasteiger partial charge in [-0.25, -0.2) is 0 Å². The van der Waals surface area contributed by atoms with Gasteiger partial charge in [-0.15, -0.1) is 0 Å². The zero-order valence-electron chi connectivity index (χ0n) is 31.5. The molecule has 0 radical (unpaired) electrons. The number of hydrogen-bond donors (Lipinski definition) is 0. The zero-order chi connectivity index (χ0) is 32.1. The Morgan fingerprint density at radius 3 is 1.17 bits per heavy atom. The van der Waals surface area contributed by atoms with E-state index in [2.05, 4.69) is 150 Å².